The summed E-state index contributed by atoms with van der Waals surface area (Å²) in [5.74, 6) is 1.38. The number of hydrogen-bond donors (Lipinski definition) is 0. The molecule has 0 aliphatic heterocycles. The van der Waals surface area contributed by atoms with Gasteiger partial charge in [0.2, 0.25) is 0 Å². The van der Waals surface area contributed by atoms with Crippen LogP contribution in [-0.4, -0.2) is 12.7 Å². The third kappa shape index (κ3) is 3.59. The lowest BCUT2D eigenvalue weighted by Gasteiger charge is -2.30. The van der Waals surface area contributed by atoms with E-state index in [-0.39, 0.29) is 6.10 Å². The number of halogens is 2. The Kier molecular flexibility index (Phi) is 4.10. The molecule has 0 atom stereocenters. The molecule has 13 heavy (non-hydrogen) atoms. The smallest absolute Gasteiger partial charge is 0.320 e. The fraction of sp³-hybridized carbons (Fsp3) is 1.00. The number of ether oxygens (including phenoxy) is 1. The lowest BCUT2D eigenvalue weighted by Crippen LogP contribution is -2.25. The molecule has 0 radical (unpaired) electrons. The minimum Gasteiger partial charge on any atom is -0.320 e. The summed E-state index contributed by atoms with van der Waals surface area (Å²) in [6.45, 7) is 1.79. The van der Waals surface area contributed by atoms with Gasteiger partial charge in [-0.05, 0) is 37.5 Å². The molecule has 0 unspecified atom stereocenters. The first-order valence-corrected chi connectivity index (χ1v) is 5.03. The van der Waals surface area contributed by atoms with E-state index in [1.165, 1.54) is 0 Å². The minimum absolute atomic E-state index is 0.199. The quantitative estimate of drug-likeness (QED) is 0.665. The van der Waals surface area contributed by atoms with Gasteiger partial charge in [0, 0.05) is 0 Å². The van der Waals surface area contributed by atoms with Crippen molar-refractivity contribution in [3.05, 3.63) is 0 Å². The summed E-state index contributed by atoms with van der Waals surface area (Å²) < 4.78 is 28.2. The zero-order valence-electron chi connectivity index (χ0n) is 8.30. The summed E-state index contributed by atoms with van der Waals surface area (Å²) in [5.41, 5.74) is 0. The van der Waals surface area contributed by atoms with Crippen LogP contribution in [-0.2, 0) is 4.74 Å². The van der Waals surface area contributed by atoms with E-state index in [0.29, 0.717) is 11.8 Å². The van der Waals surface area contributed by atoms with Gasteiger partial charge in [-0.25, -0.2) is 0 Å². The van der Waals surface area contributed by atoms with Gasteiger partial charge in [0.15, 0.2) is 0 Å². The van der Waals surface area contributed by atoms with Gasteiger partial charge in [-0.2, -0.15) is 8.78 Å². The highest BCUT2D eigenvalue weighted by atomic mass is 19.3. The Morgan fingerprint density at radius 2 is 1.62 bits per heavy atom. The van der Waals surface area contributed by atoms with E-state index in [1.54, 1.807) is 0 Å². The van der Waals surface area contributed by atoms with Gasteiger partial charge in [-0.15, -0.1) is 0 Å². The van der Waals surface area contributed by atoms with E-state index in [1.807, 2.05) is 0 Å². The third-order valence-corrected chi connectivity index (χ3v) is 2.96. The predicted octanol–water partition coefficient (Wildman–Crippen LogP) is 3.44. The summed E-state index contributed by atoms with van der Waals surface area (Å²) in [7, 11) is 0. The van der Waals surface area contributed by atoms with Gasteiger partial charge in [0.1, 0.15) is 0 Å². The average molecular weight is 192 g/mol. The highest BCUT2D eigenvalue weighted by Gasteiger charge is 2.25. The molecule has 0 heterocycles. The second-order valence-electron chi connectivity index (χ2n) is 4.18. The molecule has 1 nitrogen and oxygen atoms in total. The molecule has 1 saturated carbocycles. The maximum atomic E-state index is 11.9. The fourth-order valence-corrected chi connectivity index (χ4v) is 2.04. The Balaban J connectivity index is 2.22. The van der Waals surface area contributed by atoms with Crippen LogP contribution in [0.1, 0.15) is 39.5 Å². The third-order valence-electron chi connectivity index (χ3n) is 2.96. The van der Waals surface area contributed by atoms with Crippen LogP contribution in [0.2, 0.25) is 0 Å². The fourth-order valence-electron chi connectivity index (χ4n) is 2.04. The molecule has 0 aromatic heterocycles. The maximum absolute atomic E-state index is 11.9. The SMILES string of the molecule is CC(C)[C@H]1CC[C@@H](OC(F)F)CC1. The molecule has 3 heteroatoms. The summed E-state index contributed by atoms with van der Waals surface area (Å²) in [5, 5.41) is 0. The lowest BCUT2D eigenvalue weighted by atomic mass is 9.80. The van der Waals surface area contributed by atoms with Gasteiger partial charge in [0.25, 0.3) is 0 Å². The van der Waals surface area contributed by atoms with Crippen molar-refractivity contribution in [3.8, 4) is 0 Å². The molecule has 1 rings (SSSR count). The van der Waals surface area contributed by atoms with Crippen molar-refractivity contribution in [2.24, 2.45) is 11.8 Å². The molecule has 1 aliphatic carbocycles. The molecule has 0 spiro atoms. The van der Waals surface area contributed by atoms with Crippen molar-refractivity contribution in [2.75, 3.05) is 0 Å². The van der Waals surface area contributed by atoms with E-state index in [4.69, 9.17) is 0 Å². The largest absolute Gasteiger partial charge is 0.345 e. The Labute approximate surface area is 78.5 Å². The number of rotatable bonds is 3. The van der Waals surface area contributed by atoms with Crippen LogP contribution in [0.15, 0.2) is 0 Å². The monoisotopic (exact) mass is 192 g/mol. The summed E-state index contributed by atoms with van der Waals surface area (Å²) >= 11 is 0. The van der Waals surface area contributed by atoms with Gasteiger partial charge >= 0.3 is 6.61 Å². The Bertz CT molecular complexity index is 140. The van der Waals surface area contributed by atoms with E-state index < -0.39 is 6.61 Å². The summed E-state index contributed by atoms with van der Waals surface area (Å²) in [6.07, 6.45) is 3.47. The zero-order valence-corrected chi connectivity index (χ0v) is 8.30. The van der Waals surface area contributed by atoms with E-state index in [9.17, 15) is 8.78 Å². The first kappa shape index (κ1) is 10.9. The van der Waals surface area contributed by atoms with E-state index >= 15 is 0 Å². The van der Waals surface area contributed by atoms with Gasteiger partial charge in [-0.3, -0.25) is 0 Å². The molecule has 0 aromatic carbocycles. The van der Waals surface area contributed by atoms with Gasteiger partial charge in [0.05, 0.1) is 6.10 Å². The van der Waals surface area contributed by atoms with Crippen LogP contribution < -0.4 is 0 Å². The topological polar surface area (TPSA) is 9.23 Å². The molecule has 0 amide bonds. The maximum Gasteiger partial charge on any atom is 0.345 e. The normalized spacial score (nSPS) is 30.0. The van der Waals surface area contributed by atoms with Crippen LogP contribution in [0.25, 0.3) is 0 Å². The van der Waals surface area contributed by atoms with Crippen LogP contribution in [0.4, 0.5) is 8.78 Å². The number of alkyl halides is 2. The Morgan fingerprint density at radius 1 is 1.08 bits per heavy atom. The average Bonchev–Trinajstić information content (AvgIpc) is 2.04. The highest BCUT2D eigenvalue weighted by molar-refractivity contribution is 4.74. The molecule has 0 aromatic rings. The standard InChI is InChI=1S/C10H18F2O/c1-7(2)8-3-5-9(6-4-8)13-10(11)12/h7-10H,3-6H2,1-2H3/t8-,9+. The van der Waals surface area contributed by atoms with Crippen LogP contribution in [0.5, 0.6) is 0 Å². The highest BCUT2D eigenvalue weighted by Crippen LogP contribution is 2.31. The van der Waals surface area contributed by atoms with E-state index in [0.717, 1.165) is 25.7 Å². The second-order valence-corrected chi connectivity index (χ2v) is 4.18. The Hall–Kier alpha value is -0.180. The van der Waals surface area contributed by atoms with Crippen molar-refractivity contribution in [2.45, 2.75) is 52.2 Å². The molecular weight excluding hydrogens is 174 g/mol. The van der Waals surface area contributed by atoms with Crippen LogP contribution in [0, 0.1) is 11.8 Å². The first-order chi connectivity index (χ1) is 6.09. The number of hydrogen-bond acceptors (Lipinski definition) is 1. The van der Waals surface area contributed by atoms with Gasteiger partial charge in [-0.1, -0.05) is 13.8 Å². The predicted molar refractivity (Wildman–Crippen MR) is 47.7 cm³/mol. The van der Waals surface area contributed by atoms with Crippen molar-refractivity contribution in [1.29, 1.82) is 0 Å². The van der Waals surface area contributed by atoms with Crippen LogP contribution in [0.3, 0.4) is 0 Å². The van der Waals surface area contributed by atoms with Crippen molar-refractivity contribution >= 4 is 0 Å². The summed E-state index contributed by atoms with van der Waals surface area (Å²) in [4.78, 5) is 0. The summed E-state index contributed by atoms with van der Waals surface area (Å²) in [6, 6.07) is 0. The molecular formula is C10H18F2O. The minimum atomic E-state index is -2.60. The lowest BCUT2D eigenvalue weighted by molar-refractivity contribution is -0.172. The van der Waals surface area contributed by atoms with Crippen molar-refractivity contribution in [1.82, 2.24) is 0 Å². The molecule has 1 aliphatic rings. The molecule has 78 valence electrons. The van der Waals surface area contributed by atoms with E-state index in [2.05, 4.69) is 18.6 Å². The van der Waals surface area contributed by atoms with Crippen LogP contribution >= 0.6 is 0 Å². The van der Waals surface area contributed by atoms with Crippen molar-refractivity contribution in [3.63, 3.8) is 0 Å². The second kappa shape index (κ2) is 4.89. The zero-order chi connectivity index (χ0) is 9.84. The Morgan fingerprint density at radius 3 is 2.00 bits per heavy atom. The molecule has 0 bridgehead atoms. The molecule has 0 N–H and O–H groups in total. The van der Waals surface area contributed by atoms with Gasteiger partial charge < -0.3 is 4.74 Å². The molecule has 1 fully saturated rings. The van der Waals surface area contributed by atoms with Crippen molar-refractivity contribution < 1.29 is 13.5 Å². The first-order valence-electron chi connectivity index (χ1n) is 5.03. The molecule has 0 saturated heterocycles.